The fourth-order valence-electron chi connectivity index (χ4n) is 3.30. The summed E-state index contributed by atoms with van der Waals surface area (Å²) in [6.07, 6.45) is 11.1. The third-order valence-corrected chi connectivity index (χ3v) is 4.35. The van der Waals surface area contributed by atoms with Gasteiger partial charge in [-0.1, -0.05) is 19.3 Å². The summed E-state index contributed by atoms with van der Waals surface area (Å²) in [5.74, 6) is 1.38. The standard InChI is InChI=1S/C14H25NO/c1-15(11-12-6-3-2-4-7-12)13-8-5-9-14(16)10-13/h12-13H,2-11H2,1H3. The van der Waals surface area contributed by atoms with E-state index < -0.39 is 0 Å². The topological polar surface area (TPSA) is 20.3 Å². The maximum atomic E-state index is 11.4. The van der Waals surface area contributed by atoms with Crippen molar-refractivity contribution >= 4 is 5.78 Å². The first-order valence-corrected chi connectivity index (χ1v) is 6.97. The Morgan fingerprint density at radius 3 is 2.56 bits per heavy atom. The molecule has 0 N–H and O–H groups in total. The molecule has 0 spiro atoms. The maximum Gasteiger partial charge on any atom is 0.134 e. The normalized spacial score (nSPS) is 28.6. The van der Waals surface area contributed by atoms with E-state index in [0.717, 1.165) is 25.2 Å². The van der Waals surface area contributed by atoms with Gasteiger partial charge >= 0.3 is 0 Å². The lowest BCUT2D eigenvalue weighted by Crippen LogP contribution is -2.39. The van der Waals surface area contributed by atoms with E-state index in [1.807, 2.05) is 0 Å². The average Bonchev–Trinajstić information content (AvgIpc) is 2.30. The molecule has 2 rings (SSSR count). The van der Waals surface area contributed by atoms with Gasteiger partial charge in [0.2, 0.25) is 0 Å². The highest BCUT2D eigenvalue weighted by molar-refractivity contribution is 5.79. The summed E-state index contributed by atoms with van der Waals surface area (Å²) >= 11 is 0. The Kier molecular flexibility index (Phi) is 4.39. The summed E-state index contributed by atoms with van der Waals surface area (Å²) < 4.78 is 0. The summed E-state index contributed by atoms with van der Waals surface area (Å²) in [6.45, 7) is 1.22. The minimum atomic E-state index is 0.478. The van der Waals surface area contributed by atoms with Crippen molar-refractivity contribution in [1.82, 2.24) is 4.90 Å². The van der Waals surface area contributed by atoms with Crippen molar-refractivity contribution in [2.75, 3.05) is 13.6 Å². The Morgan fingerprint density at radius 1 is 1.12 bits per heavy atom. The molecule has 2 nitrogen and oxygen atoms in total. The van der Waals surface area contributed by atoms with Gasteiger partial charge in [0.25, 0.3) is 0 Å². The molecule has 2 fully saturated rings. The quantitative estimate of drug-likeness (QED) is 0.733. The van der Waals surface area contributed by atoms with Gasteiger partial charge in [0.1, 0.15) is 5.78 Å². The second-order valence-electron chi connectivity index (χ2n) is 5.73. The zero-order valence-electron chi connectivity index (χ0n) is 10.6. The SMILES string of the molecule is CN(CC1CCCCC1)C1CCCC(=O)C1. The van der Waals surface area contributed by atoms with Gasteiger partial charge in [-0.15, -0.1) is 0 Å². The van der Waals surface area contributed by atoms with Crippen LogP contribution in [0.1, 0.15) is 57.8 Å². The summed E-state index contributed by atoms with van der Waals surface area (Å²) in [5, 5.41) is 0. The van der Waals surface area contributed by atoms with E-state index in [1.165, 1.54) is 45.1 Å². The number of Topliss-reactive ketones (excluding diaryl/α,β-unsaturated/α-hetero) is 1. The molecule has 1 atom stereocenters. The molecule has 0 aromatic rings. The van der Waals surface area contributed by atoms with Gasteiger partial charge < -0.3 is 4.90 Å². The molecule has 2 aliphatic carbocycles. The lowest BCUT2D eigenvalue weighted by Gasteiger charge is -2.34. The fraction of sp³-hybridized carbons (Fsp3) is 0.929. The third kappa shape index (κ3) is 3.31. The molecule has 0 aromatic heterocycles. The minimum Gasteiger partial charge on any atom is -0.303 e. The van der Waals surface area contributed by atoms with Crippen LogP contribution in [0.5, 0.6) is 0 Å². The zero-order chi connectivity index (χ0) is 11.4. The molecule has 16 heavy (non-hydrogen) atoms. The molecule has 0 amide bonds. The molecule has 2 heteroatoms. The van der Waals surface area contributed by atoms with Crippen molar-refractivity contribution in [2.24, 2.45) is 5.92 Å². The van der Waals surface area contributed by atoms with Crippen molar-refractivity contribution < 1.29 is 4.79 Å². The van der Waals surface area contributed by atoms with Crippen LogP contribution in [0.25, 0.3) is 0 Å². The van der Waals surface area contributed by atoms with E-state index in [9.17, 15) is 4.79 Å². The lowest BCUT2D eigenvalue weighted by molar-refractivity contribution is -0.121. The third-order valence-electron chi connectivity index (χ3n) is 4.35. The first-order valence-electron chi connectivity index (χ1n) is 6.97. The molecule has 1 unspecified atom stereocenters. The number of rotatable bonds is 3. The van der Waals surface area contributed by atoms with Gasteiger partial charge in [-0.3, -0.25) is 4.79 Å². The molecule has 2 saturated carbocycles. The highest BCUT2D eigenvalue weighted by Crippen LogP contribution is 2.26. The van der Waals surface area contributed by atoms with Crippen molar-refractivity contribution in [3.63, 3.8) is 0 Å². The van der Waals surface area contributed by atoms with Crippen LogP contribution in [0.4, 0.5) is 0 Å². The predicted octanol–water partition coefficient (Wildman–Crippen LogP) is 3.01. The monoisotopic (exact) mass is 223 g/mol. The summed E-state index contributed by atoms with van der Waals surface area (Å²) in [6, 6.07) is 0.545. The Bertz CT molecular complexity index is 233. The van der Waals surface area contributed by atoms with Crippen molar-refractivity contribution in [3.8, 4) is 0 Å². The van der Waals surface area contributed by atoms with Gasteiger partial charge in [0.15, 0.2) is 0 Å². The van der Waals surface area contributed by atoms with E-state index in [-0.39, 0.29) is 0 Å². The average molecular weight is 223 g/mol. The van der Waals surface area contributed by atoms with Gasteiger partial charge in [-0.2, -0.15) is 0 Å². The molecule has 0 saturated heterocycles. The second kappa shape index (κ2) is 5.81. The number of hydrogen-bond acceptors (Lipinski definition) is 2. The molecule has 92 valence electrons. The Labute approximate surface area is 99.4 Å². The largest absolute Gasteiger partial charge is 0.303 e. The molecule has 2 aliphatic rings. The summed E-state index contributed by atoms with van der Waals surface area (Å²) in [4.78, 5) is 13.9. The maximum absolute atomic E-state index is 11.4. The zero-order valence-corrected chi connectivity index (χ0v) is 10.6. The molecule has 0 heterocycles. The molecular weight excluding hydrogens is 198 g/mol. The Hall–Kier alpha value is -0.370. The summed E-state index contributed by atoms with van der Waals surface area (Å²) in [7, 11) is 2.22. The van der Waals surface area contributed by atoms with E-state index in [2.05, 4.69) is 11.9 Å². The number of carbonyl (C=O) groups is 1. The minimum absolute atomic E-state index is 0.478. The molecular formula is C14H25NO. The van der Waals surface area contributed by atoms with Crippen LogP contribution in [0, 0.1) is 5.92 Å². The van der Waals surface area contributed by atoms with Gasteiger partial charge in [-0.25, -0.2) is 0 Å². The van der Waals surface area contributed by atoms with Crippen LogP contribution >= 0.6 is 0 Å². The highest BCUT2D eigenvalue weighted by Gasteiger charge is 2.25. The molecule has 0 radical (unpaired) electrons. The first kappa shape index (κ1) is 12.1. The van der Waals surface area contributed by atoms with Crippen molar-refractivity contribution in [3.05, 3.63) is 0 Å². The lowest BCUT2D eigenvalue weighted by atomic mass is 9.87. The molecule has 0 bridgehead atoms. The van der Waals surface area contributed by atoms with Gasteiger partial charge in [0, 0.05) is 25.4 Å². The smallest absolute Gasteiger partial charge is 0.134 e. The van der Waals surface area contributed by atoms with E-state index in [0.29, 0.717) is 11.8 Å². The van der Waals surface area contributed by atoms with Crippen LogP contribution < -0.4 is 0 Å². The Balaban J connectivity index is 1.77. The first-order chi connectivity index (χ1) is 7.75. The molecule has 0 aliphatic heterocycles. The van der Waals surface area contributed by atoms with Crippen molar-refractivity contribution in [2.45, 2.75) is 63.8 Å². The van der Waals surface area contributed by atoms with E-state index in [4.69, 9.17) is 0 Å². The predicted molar refractivity (Wildman–Crippen MR) is 66.5 cm³/mol. The van der Waals surface area contributed by atoms with Crippen LogP contribution in [0.3, 0.4) is 0 Å². The van der Waals surface area contributed by atoms with Crippen LogP contribution in [0.2, 0.25) is 0 Å². The number of ketones is 1. The van der Waals surface area contributed by atoms with E-state index >= 15 is 0 Å². The van der Waals surface area contributed by atoms with Crippen LogP contribution in [0.15, 0.2) is 0 Å². The van der Waals surface area contributed by atoms with Crippen LogP contribution in [-0.2, 0) is 4.79 Å². The van der Waals surface area contributed by atoms with Crippen LogP contribution in [-0.4, -0.2) is 30.3 Å². The van der Waals surface area contributed by atoms with Gasteiger partial charge in [0.05, 0.1) is 0 Å². The molecule has 0 aromatic carbocycles. The number of carbonyl (C=O) groups excluding carboxylic acids is 1. The van der Waals surface area contributed by atoms with Crippen molar-refractivity contribution in [1.29, 1.82) is 0 Å². The van der Waals surface area contributed by atoms with Gasteiger partial charge in [-0.05, 0) is 38.6 Å². The highest BCUT2D eigenvalue weighted by atomic mass is 16.1. The fourth-order valence-corrected chi connectivity index (χ4v) is 3.30. The Morgan fingerprint density at radius 2 is 1.88 bits per heavy atom. The number of hydrogen-bond donors (Lipinski definition) is 0. The summed E-state index contributed by atoms with van der Waals surface area (Å²) in [5.41, 5.74) is 0. The number of nitrogens with zero attached hydrogens (tertiary/aromatic N) is 1. The van der Waals surface area contributed by atoms with E-state index in [1.54, 1.807) is 0 Å². The second-order valence-corrected chi connectivity index (χ2v) is 5.73.